The third-order valence-corrected chi connectivity index (χ3v) is 12.3. The monoisotopic (exact) mass is 1010 g/mol. The summed E-state index contributed by atoms with van der Waals surface area (Å²) < 4.78 is 15.6. The van der Waals surface area contributed by atoms with Gasteiger partial charge in [0.1, 0.15) is 5.69 Å². The van der Waals surface area contributed by atoms with Crippen molar-refractivity contribution < 1.29 is 30.4 Å². The summed E-state index contributed by atoms with van der Waals surface area (Å²) in [6.45, 7) is 0. The Morgan fingerprint density at radius 2 is 0.938 bits per heavy atom. The second-order valence-corrected chi connectivity index (χ2v) is 16.0. The average molecular weight is 1010 g/mol. The van der Waals surface area contributed by atoms with Gasteiger partial charge >= 0.3 is 0 Å². The number of para-hydroxylation sites is 7. The van der Waals surface area contributed by atoms with Crippen LogP contribution in [0.1, 0.15) is 0 Å². The maximum atomic E-state index is 6.51. The Labute approximate surface area is 388 Å². The van der Waals surface area contributed by atoms with Gasteiger partial charge in [0.2, 0.25) is 0 Å². The molecule has 0 fully saturated rings. The van der Waals surface area contributed by atoms with Gasteiger partial charge in [-0.2, -0.15) is 12.1 Å². The maximum absolute atomic E-state index is 6.51. The third kappa shape index (κ3) is 6.29. The Morgan fingerprint density at radius 1 is 0.446 bits per heavy atom. The molecule has 0 aliphatic carbocycles. The number of hydrogen-bond donors (Lipinski definition) is 0. The molecule has 0 aliphatic heterocycles. The molecular weight excluding hydrogens is 978 g/mol. The first-order chi connectivity index (χ1) is 31.7. The molecule has 310 valence electrons. The summed E-state index contributed by atoms with van der Waals surface area (Å²) in [5, 5.41) is 7.02. The smallest absolute Gasteiger partial charge is 0.268 e. The molecule has 4 aromatic heterocycles. The number of hydrogen-bond acceptors (Lipinski definition) is 2. The van der Waals surface area contributed by atoms with Crippen LogP contribution in [0.2, 0.25) is 0 Å². The van der Waals surface area contributed by atoms with Gasteiger partial charge in [0.05, 0.1) is 44.5 Å². The largest absolute Gasteiger partial charge is 0.503 e. The molecule has 0 aliphatic rings. The van der Waals surface area contributed by atoms with Crippen LogP contribution in [0, 0.1) is 18.5 Å². The van der Waals surface area contributed by atoms with E-state index < -0.39 is 0 Å². The van der Waals surface area contributed by atoms with Gasteiger partial charge in [0, 0.05) is 60.3 Å². The first-order valence-electron chi connectivity index (χ1n) is 21.4. The summed E-state index contributed by atoms with van der Waals surface area (Å²) in [5.41, 5.74) is 12.0. The van der Waals surface area contributed by atoms with E-state index in [2.05, 4.69) is 194 Å². The Kier molecular flexibility index (Phi) is 9.29. The van der Waals surface area contributed by atoms with Crippen LogP contribution in [-0.4, -0.2) is 18.7 Å². The Morgan fingerprint density at radius 3 is 1.55 bits per heavy atom. The van der Waals surface area contributed by atoms with Crippen molar-refractivity contribution in [3.8, 4) is 45.5 Å². The summed E-state index contributed by atoms with van der Waals surface area (Å²) in [5.74, 6) is 1.14. The summed E-state index contributed by atoms with van der Waals surface area (Å²) in [4.78, 5) is 4.73. The summed E-state index contributed by atoms with van der Waals surface area (Å²) in [6, 6.07) is 79.1. The van der Waals surface area contributed by atoms with E-state index in [1.165, 1.54) is 21.5 Å². The molecule has 0 saturated heterocycles. The SMILES string of the molecule is [Pt].[c-]1c(Oc2[c-]c(-n3[c-][n+](-c4c(-n5c6ccccc6c6ccccc65)cccc4-n4c5ccccc5c5ccccc54)c4ccccc43)ccc2)cccc1-c1cc2ccccc2cn1. The Balaban J connectivity index is 0.00000444. The van der Waals surface area contributed by atoms with Gasteiger partial charge in [-0.1, -0.05) is 140 Å². The molecule has 0 saturated carbocycles. The minimum Gasteiger partial charge on any atom is -0.503 e. The zero-order chi connectivity index (χ0) is 42.1. The van der Waals surface area contributed by atoms with E-state index in [9.17, 15) is 0 Å². The number of pyridine rings is 1. The molecule has 0 bridgehead atoms. The predicted molar refractivity (Wildman–Crippen MR) is 257 cm³/mol. The molecule has 0 radical (unpaired) electrons. The molecule has 0 unspecified atom stereocenters. The van der Waals surface area contributed by atoms with Gasteiger partial charge in [0.25, 0.3) is 6.33 Å². The zero-order valence-corrected chi connectivity index (χ0v) is 36.9. The van der Waals surface area contributed by atoms with Crippen LogP contribution in [0.5, 0.6) is 11.5 Å². The summed E-state index contributed by atoms with van der Waals surface area (Å²) >= 11 is 0. The van der Waals surface area contributed by atoms with Crippen molar-refractivity contribution in [2.45, 2.75) is 0 Å². The molecule has 0 atom stereocenters. The Hall–Kier alpha value is -8.05. The van der Waals surface area contributed by atoms with Crippen molar-refractivity contribution >= 4 is 65.4 Å². The fraction of sp³-hybridized carbons (Fsp3) is 0. The fourth-order valence-corrected chi connectivity index (χ4v) is 9.51. The number of rotatable bonds is 7. The molecule has 9 aromatic carbocycles. The van der Waals surface area contributed by atoms with Crippen molar-refractivity contribution in [2.24, 2.45) is 0 Å². The third-order valence-electron chi connectivity index (χ3n) is 12.3. The standard InChI is InChI=1S/C58H35N5O.Pt/c1-2-17-41-37-59-49(35-39(41)16-1)40-18-13-20-43(34-40)64-44-21-14-19-42(36-44)60-38-61(55-31-12-11-30-54(55)60)58-56(62-50-26-7-3-22-45(50)46-23-4-8-27-51(46)62)32-15-33-57(58)63-52-28-9-5-24-47(52)48-25-6-10-29-53(48)63;/h1-33,35,37H;/q-2;. The average Bonchev–Trinajstić information content (AvgIpc) is 4.02. The molecule has 0 spiro atoms. The zero-order valence-electron chi connectivity index (χ0n) is 34.7. The van der Waals surface area contributed by atoms with E-state index in [0.29, 0.717) is 11.5 Å². The second kappa shape index (κ2) is 15.6. The molecule has 13 aromatic rings. The fourth-order valence-electron chi connectivity index (χ4n) is 9.51. The van der Waals surface area contributed by atoms with E-state index >= 15 is 0 Å². The molecular formula is C58H35N5OPt-2. The molecule has 0 amide bonds. The second-order valence-electron chi connectivity index (χ2n) is 16.0. The molecule has 4 heterocycles. The summed E-state index contributed by atoms with van der Waals surface area (Å²) in [6.07, 6.45) is 5.76. The maximum Gasteiger partial charge on any atom is 0.268 e. The van der Waals surface area contributed by atoms with E-state index in [0.717, 1.165) is 77.9 Å². The molecule has 65 heavy (non-hydrogen) atoms. The van der Waals surface area contributed by atoms with Gasteiger partial charge < -0.3 is 23.4 Å². The number of fused-ring (bicyclic) bond motifs is 8. The van der Waals surface area contributed by atoms with Crippen LogP contribution in [0.15, 0.2) is 212 Å². The van der Waals surface area contributed by atoms with Crippen LogP contribution in [0.3, 0.4) is 0 Å². The first kappa shape index (κ1) is 38.6. The topological polar surface area (TPSA) is 40.8 Å². The van der Waals surface area contributed by atoms with Gasteiger partial charge in [-0.3, -0.25) is 4.57 Å². The van der Waals surface area contributed by atoms with Crippen LogP contribution >= 0.6 is 0 Å². The van der Waals surface area contributed by atoms with Crippen LogP contribution in [0.25, 0.3) is 99.4 Å². The van der Waals surface area contributed by atoms with Crippen molar-refractivity contribution in [3.63, 3.8) is 0 Å². The first-order valence-corrected chi connectivity index (χ1v) is 21.4. The minimum atomic E-state index is 0. The van der Waals surface area contributed by atoms with Crippen molar-refractivity contribution in [1.82, 2.24) is 18.7 Å². The van der Waals surface area contributed by atoms with Gasteiger partial charge in [-0.05, 0) is 58.6 Å². The van der Waals surface area contributed by atoms with E-state index in [-0.39, 0.29) is 21.1 Å². The van der Waals surface area contributed by atoms with E-state index in [1.807, 2.05) is 54.7 Å². The quantitative estimate of drug-likeness (QED) is 0.118. The van der Waals surface area contributed by atoms with Crippen LogP contribution in [-0.2, 0) is 21.1 Å². The Bertz CT molecular complexity index is 3730. The molecule has 6 nitrogen and oxygen atoms in total. The van der Waals surface area contributed by atoms with Gasteiger partial charge in [-0.15, -0.1) is 35.9 Å². The normalized spacial score (nSPS) is 11.6. The van der Waals surface area contributed by atoms with Gasteiger partial charge in [0.15, 0.2) is 0 Å². The van der Waals surface area contributed by atoms with Gasteiger partial charge in [-0.25, -0.2) is 0 Å². The number of benzene rings is 9. The van der Waals surface area contributed by atoms with Crippen molar-refractivity contribution in [1.29, 1.82) is 0 Å². The number of imidazole rings is 1. The molecule has 13 rings (SSSR count). The number of aromatic nitrogens is 5. The van der Waals surface area contributed by atoms with Crippen molar-refractivity contribution in [2.75, 3.05) is 0 Å². The summed E-state index contributed by atoms with van der Waals surface area (Å²) in [7, 11) is 0. The number of ether oxygens (including phenoxy) is 1. The van der Waals surface area contributed by atoms with Crippen molar-refractivity contribution in [3.05, 3.63) is 231 Å². The van der Waals surface area contributed by atoms with Crippen LogP contribution < -0.4 is 9.30 Å². The predicted octanol–water partition coefficient (Wildman–Crippen LogP) is 13.5. The van der Waals surface area contributed by atoms with E-state index in [1.54, 1.807) is 0 Å². The number of nitrogens with zero attached hydrogens (tertiary/aromatic N) is 5. The minimum absolute atomic E-state index is 0. The molecule has 0 N–H and O–H groups in total. The molecule has 7 heteroatoms. The van der Waals surface area contributed by atoms with Crippen LogP contribution in [0.4, 0.5) is 0 Å². The van der Waals surface area contributed by atoms with E-state index in [4.69, 9.17) is 9.72 Å².